The summed E-state index contributed by atoms with van der Waals surface area (Å²) >= 11 is 1.31. The summed E-state index contributed by atoms with van der Waals surface area (Å²) in [5, 5.41) is 7.56. The smallest absolute Gasteiger partial charge is 0.317 e. The summed E-state index contributed by atoms with van der Waals surface area (Å²) in [5.41, 5.74) is 1.36. The molecule has 0 saturated heterocycles. The first-order valence-corrected chi connectivity index (χ1v) is 10.5. The molecule has 0 saturated carbocycles. The van der Waals surface area contributed by atoms with Crippen molar-refractivity contribution in [2.45, 2.75) is 29.7 Å². The quantitative estimate of drug-likeness (QED) is 0.536. The summed E-state index contributed by atoms with van der Waals surface area (Å²) in [6.07, 6.45) is -1.03. The van der Waals surface area contributed by atoms with Crippen LogP contribution >= 0.6 is 11.8 Å². The number of aryl methyl sites for hydroxylation is 1. The number of ether oxygens (including phenoxy) is 1. The van der Waals surface area contributed by atoms with Gasteiger partial charge in [-0.3, -0.25) is 9.59 Å². The summed E-state index contributed by atoms with van der Waals surface area (Å²) in [7, 11) is -3.88. The van der Waals surface area contributed by atoms with Crippen molar-refractivity contribution in [3.05, 3.63) is 54.1 Å². The molecule has 0 aliphatic rings. The molecule has 0 aliphatic carbocycles. The summed E-state index contributed by atoms with van der Waals surface area (Å²) in [4.78, 5) is 24.9. The van der Waals surface area contributed by atoms with E-state index >= 15 is 0 Å². The predicted octanol–water partition coefficient (Wildman–Crippen LogP) is 2.30. The van der Waals surface area contributed by atoms with Crippen LogP contribution in [-0.4, -0.2) is 32.2 Å². The monoisotopic (exact) mass is 408 g/mol. The fourth-order valence-electron chi connectivity index (χ4n) is 2.06. The van der Waals surface area contributed by atoms with Crippen LogP contribution in [0.5, 0.6) is 0 Å². The van der Waals surface area contributed by atoms with E-state index in [-0.39, 0.29) is 16.3 Å². The van der Waals surface area contributed by atoms with E-state index in [0.29, 0.717) is 0 Å². The molecular formula is C18H20N2O5S2. The Balaban J connectivity index is 1.87. The average molecular weight is 409 g/mol. The number of hydrogen-bond donors (Lipinski definition) is 2. The first-order chi connectivity index (χ1) is 12.6. The molecular weight excluding hydrogens is 388 g/mol. The van der Waals surface area contributed by atoms with Crippen LogP contribution in [0.2, 0.25) is 0 Å². The third-order valence-electron chi connectivity index (χ3n) is 3.49. The van der Waals surface area contributed by atoms with E-state index in [1.165, 1.54) is 43.0 Å². The van der Waals surface area contributed by atoms with E-state index in [1.54, 1.807) is 0 Å². The van der Waals surface area contributed by atoms with Crippen molar-refractivity contribution in [2.75, 3.05) is 11.1 Å². The third kappa shape index (κ3) is 6.70. The van der Waals surface area contributed by atoms with E-state index in [9.17, 15) is 18.0 Å². The van der Waals surface area contributed by atoms with Gasteiger partial charge in [-0.15, -0.1) is 11.8 Å². The van der Waals surface area contributed by atoms with Gasteiger partial charge in [0.15, 0.2) is 6.10 Å². The number of rotatable bonds is 7. The molecule has 1 amide bonds. The maximum Gasteiger partial charge on any atom is 0.317 e. The van der Waals surface area contributed by atoms with Gasteiger partial charge in [0.25, 0.3) is 5.91 Å². The molecule has 9 heteroatoms. The normalized spacial score (nSPS) is 12.3. The molecule has 3 N–H and O–H groups in total. The predicted molar refractivity (Wildman–Crippen MR) is 104 cm³/mol. The van der Waals surface area contributed by atoms with Gasteiger partial charge in [0, 0.05) is 10.6 Å². The van der Waals surface area contributed by atoms with Crippen molar-refractivity contribution in [1.82, 2.24) is 0 Å². The van der Waals surface area contributed by atoms with Crippen LogP contribution < -0.4 is 10.5 Å². The highest BCUT2D eigenvalue weighted by Crippen LogP contribution is 2.19. The van der Waals surface area contributed by atoms with Gasteiger partial charge in [-0.25, -0.2) is 13.6 Å². The number of nitrogens with two attached hydrogens (primary N) is 1. The van der Waals surface area contributed by atoms with Crippen LogP contribution in [0.25, 0.3) is 0 Å². The van der Waals surface area contributed by atoms with Crippen LogP contribution in [0.4, 0.5) is 5.69 Å². The fourth-order valence-corrected chi connectivity index (χ4v) is 3.30. The maximum absolute atomic E-state index is 12.1. The Kier molecular flexibility index (Phi) is 7.00. The molecule has 2 aromatic rings. The van der Waals surface area contributed by atoms with Gasteiger partial charge in [0.2, 0.25) is 10.0 Å². The molecule has 2 aromatic carbocycles. The van der Waals surface area contributed by atoms with Gasteiger partial charge in [-0.1, -0.05) is 23.8 Å². The Hall–Kier alpha value is -2.36. The van der Waals surface area contributed by atoms with Crippen LogP contribution in [-0.2, 0) is 24.3 Å². The number of hydrogen-bond acceptors (Lipinski definition) is 6. The highest BCUT2D eigenvalue weighted by Gasteiger charge is 2.19. The number of sulfonamides is 1. The highest BCUT2D eigenvalue weighted by atomic mass is 32.2. The Morgan fingerprint density at radius 3 is 2.48 bits per heavy atom. The maximum atomic E-state index is 12.1. The topological polar surface area (TPSA) is 116 Å². The zero-order valence-corrected chi connectivity index (χ0v) is 16.5. The molecule has 0 aromatic heterocycles. The number of carbonyl (C=O) groups excluding carboxylic acids is 2. The fraction of sp³-hybridized carbons (Fsp3) is 0.222. The molecule has 0 fully saturated rings. The van der Waals surface area contributed by atoms with Gasteiger partial charge >= 0.3 is 5.97 Å². The van der Waals surface area contributed by atoms with Crippen LogP contribution in [0.15, 0.2) is 58.3 Å². The lowest BCUT2D eigenvalue weighted by Gasteiger charge is -2.14. The molecule has 0 unspecified atom stereocenters. The third-order valence-corrected chi connectivity index (χ3v) is 5.38. The Morgan fingerprint density at radius 2 is 1.85 bits per heavy atom. The Bertz CT molecular complexity index is 927. The van der Waals surface area contributed by atoms with Gasteiger partial charge < -0.3 is 10.1 Å². The lowest BCUT2D eigenvalue weighted by Crippen LogP contribution is -2.30. The number of carbonyl (C=O) groups is 2. The number of nitrogens with one attached hydrogen (secondary N) is 1. The molecule has 7 nitrogen and oxygen atoms in total. The minimum absolute atomic E-state index is 0.0710. The van der Waals surface area contributed by atoms with E-state index in [0.717, 1.165) is 10.5 Å². The van der Waals surface area contributed by atoms with Crippen molar-refractivity contribution in [2.24, 2.45) is 5.14 Å². The first kappa shape index (κ1) is 20.9. The summed E-state index contributed by atoms with van der Waals surface area (Å²) in [5.74, 6) is -1.03. The van der Waals surface area contributed by atoms with E-state index in [2.05, 4.69) is 5.32 Å². The van der Waals surface area contributed by atoms with Crippen LogP contribution in [0.1, 0.15) is 12.5 Å². The Labute approximate surface area is 162 Å². The summed E-state index contributed by atoms with van der Waals surface area (Å²) in [6, 6.07) is 13.2. The molecule has 27 heavy (non-hydrogen) atoms. The zero-order valence-electron chi connectivity index (χ0n) is 14.8. The number of primary sulfonamides is 1. The van der Waals surface area contributed by atoms with Crippen molar-refractivity contribution >= 4 is 39.3 Å². The second kappa shape index (κ2) is 9.03. The SMILES string of the molecule is Cc1ccc(SCC(=O)O[C@@H](C)C(=O)Nc2cccc(S(N)(=O)=O)c2)cc1. The van der Waals surface area contributed by atoms with Gasteiger partial charge in [-0.05, 0) is 44.2 Å². The van der Waals surface area contributed by atoms with Crippen LogP contribution in [0.3, 0.4) is 0 Å². The molecule has 0 radical (unpaired) electrons. The molecule has 2 rings (SSSR count). The minimum Gasteiger partial charge on any atom is -0.452 e. The summed E-state index contributed by atoms with van der Waals surface area (Å²) in [6.45, 7) is 3.41. The number of benzene rings is 2. The average Bonchev–Trinajstić information content (AvgIpc) is 2.60. The summed E-state index contributed by atoms with van der Waals surface area (Å²) < 4.78 is 27.8. The van der Waals surface area contributed by atoms with Crippen molar-refractivity contribution in [3.8, 4) is 0 Å². The van der Waals surface area contributed by atoms with Crippen molar-refractivity contribution in [3.63, 3.8) is 0 Å². The number of esters is 1. The molecule has 0 spiro atoms. The van der Waals surface area contributed by atoms with E-state index in [1.807, 2.05) is 31.2 Å². The standard InChI is InChI=1S/C18H20N2O5S2/c1-12-6-8-15(9-7-12)26-11-17(21)25-13(2)18(22)20-14-4-3-5-16(10-14)27(19,23)24/h3-10,13H,11H2,1-2H3,(H,20,22)(H2,19,23,24)/t13-/m0/s1. The largest absolute Gasteiger partial charge is 0.452 e. The molecule has 0 aliphatic heterocycles. The van der Waals surface area contributed by atoms with Gasteiger partial charge in [0.1, 0.15) is 0 Å². The van der Waals surface area contributed by atoms with E-state index in [4.69, 9.17) is 9.88 Å². The highest BCUT2D eigenvalue weighted by molar-refractivity contribution is 8.00. The van der Waals surface area contributed by atoms with Crippen molar-refractivity contribution < 1.29 is 22.7 Å². The second-order valence-electron chi connectivity index (χ2n) is 5.80. The first-order valence-electron chi connectivity index (χ1n) is 7.98. The molecule has 0 heterocycles. The molecule has 0 bridgehead atoms. The van der Waals surface area contributed by atoms with Crippen LogP contribution in [0, 0.1) is 6.92 Å². The number of anilines is 1. The second-order valence-corrected chi connectivity index (χ2v) is 8.41. The number of amides is 1. The molecule has 1 atom stereocenters. The minimum atomic E-state index is -3.88. The Morgan fingerprint density at radius 1 is 1.19 bits per heavy atom. The lowest BCUT2D eigenvalue weighted by molar-refractivity contribution is -0.150. The van der Waals surface area contributed by atoms with Crippen molar-refractivity contribution in [1.29, 1.82) is 0 Å². The molecule has 144 valence electrons. The zero-order chi connectivity index (χ0) is 20.0. The van der Waals surface area contributed by atoms with E-state index < -0.39 is 28.0 Å². The van der Waals surface area contributed by atoms with Gasteiger partial charge in [0.05, 0.1) is 10.6 Å². The number of thioether (sulfide) groups is 1. The van der Waals surface area contributed by atoms with Gasteiger partial charge in [-0.2, -0.15) is 0 Å². The lowest BCUT2D eigenvalue weighted by atomic mass is 10.2.